The van der Waals surface area contributed by atoms with Gasteiger partial charge < -0.3 is 9.67 Å². The molecule has 14 heavy (non-hydrogen) atoms. The van der Waals surface area contributed by atoms with Gasteiger partial charge in [0.2, 0.25) is 0 Å². The van der Waals surface area contributed by atoms with E-state index >= 15 is 0 Å². The first-order valence-corrected chi connectivity index (χ1v) is 4.61. The normalized spacial score (nSPS) is 24.9. The van der Waals surface area contributed by atoms with Gasteiger partial charge in [0.25, 0.3) is 5.56 Å². The standard InChI is InChI=1S/C9H12N2O3/c12-5-7-3-6(7)4-11-2-1-8(13)10-9(11)14/h1-2,6-7,12H,3-5H2,(H,10,13,14). The quantitative estimate of drug-likeness (QED) is 0.662. The van der Waals surface area contributed by atoms with E-state index in [1.54, 1.807) is 0 Å². The molecule has 2 atom stereocenters. The summed E-state index contributed by atoms with van der Waals surface area (Å²) in [6.45, 7) is 0.767. The highest BCUT2D eigenvalue weighted by Gasteiger charge is 2.36. The minimum Gasteiger partial charge on any atom is -0.396 e. The van der Waals surface area contributed by atoms with Crippen LogP contribution in [-0.2, 0) is 6.54 Å². The molecule has 1 saturated carbocycles. The molecular formula is C9H12N2O3. The number of aromatic nitrogens is 2. The highest BCUT2D eigenvalue weighted by Crippen LogP contribution is 2.38. The lowest BCUT2D eigenvalue weighted by Crippen LogP contribution is -2.29. The van der Waals surface area contributed by atoms with Gasteiger partial charge in [-0.2, -0.15) is 0 Å². The van der Waals surface area contributed by atoms with Crippen molar-refractivity contribution in [2.24, 2.45) is 11.8 Å². The van der Waals surface area contributed by atoms with E-state index < -0.39 is 0 Å². The molecule has 1 fully saturated rings. The molecule has 0 spiro atoms. The fourth-order valence-corrected chi connectivity index (χ4v) is 1.60. The van der Waals surface area contributed by atoms with Crippen LogP contribution in [0.5, 0.6) is 0 Å². The first kappa shape index (κ1) is 9.21. The maximum absolute atomic E-state index is 11.2. The van der Waals surface area contributed by atoms with E-state index in [1.807, 2.05) is 0 Å². The number of aliphatic hydroxyl groups is 1. The van der Waals surface area contributed by atoms with E-state index in [-0.39, 0.29) is 17.9 Å². The van der Waals surface area contributed by atoms with E-state index in [0.717, 1.165) is 6.42 Å². The van der Waals surface area contributed by atoms with Gasteiger partial charge in [-0.15, -0.1) is 0 Å². The summed E-state index contributed by atoms with van der Waals surface area (Å²) in [7, 11) is 0. The van der Waals surface area contributed by atoms with Gasteiger partial charge in [-0.25, -0.2) is 4.79 Å². The van der Waals surface area contributed by atoms with Crippen molar-refractivity contribution in [3.05, 3.63) is 33.1 Å². The van der Waals surface area contributed by atoms with Crippen LogP contribution < -0.4 is 11.2 Å². The number of H-pyrrole nitrogens is 1. The molecule has 0 amide bonds. The maximum Gasteiger partial charge on any atom is 0.328 e. The summed E-state index contributed by atoms with van der Waals surface area (Å²) in [6.07, 6.45) is 2.45. The number of aliphatic hydroxyl groups excluding tert-OH is 1. The lowest BCUT2D eigenvalue weighted by Gasteiger charge is -2.02. The molecule has 1 aromatic rings. The predicted molar refractivity (Wildman–Crippen MR) is 50.0 cm³/mol. The third kappa shape index (κ3) is 1.77. The highest BCUT2D eigenvalue weighted by atomic mass is 16.3. The fourth-order valence-electron chi connectivity index (χ4n) is 1.60. The second-order valence-electron chi connectivity index (χ2n) is 3.70. The summed E-state index contributed by atoms with van der Waals surface area (Å²) in [6, 6.07) is 1.33. The molecule has 1 heterocycles. The number of rotatable bonds is 3. The molecule has 76 valence electrons. The number of nitrogens with zero attached hydrogens (tertiary/aromatic N) is 1. The molecule has 1 aromatic heterocycles. The summed E-state index contributed by atoms with van der Waals surface area (Å²) in [5.74, 6) is 0.706. The van der Waals surface area contributed by atoms with Gasteiger partial charge in [-0.05, 0) is 18.3 Å². The van der Waals surface area contributed by atoms with Gasteiger partial charge in [0.15, 0.2) is 0 Å². The Balaban J connectivity index is 2.11. The van der Waals surface area contributed by atoms with Crippen molar-refractivity contribution in [2.75, 3.05) is 6.61 Å². The van der Waals surface area contributed by atoms with Gasteiger partial charge in [-0.3, -0.25) is 9.78 Å². The van der Waals surface area contributed by atoms with Gasteiger partial charge >= 0.3 is 5.69 Å². The number of aromatic amines is 1. The van der Waals surface area contributed by atoms with Crippen molar-refractivity contribution in [3.8, 4) is 0 Å². The van der Waals surface area contributed by atoms with Crippen LogP contribution >= 0.6 is 0 Å². The maximum atomic E-state index is 11.2. The van der Waals surface area contributed by atoms with E-state index in [4.69, 9.17) is 5.11 Å². The minimum atomic E-state index is -0.374. The van der Waals surface area contributed by atoms with Crippen molar-refractivity contribution in [1.29, 1.82) is 0 Å². The Morgan fingerprint density at radius 1 is 1.50 bits per heavy atom. The van der Waals surface area contributed by atoms with Crippen molar-refractivity contribution in [1.82, 2.24) is 9.55 Å². The van der Waals surface area contributed by atoms with Crippen molar-refractivity contribution in [2.45, 2.75) is 13.0 Å². The number of hydrogen-bond acceptors (Lipinski definition) is 3. The van der Waals surface area contributed by atoms with Gasteiger partial charge in [0.1, 0.15) is 0 Å². The second-order valence-corrected chi connectivity index (χ2v) is 3.70. The lowest BCUT2D eigenvalue weighted by atomic mass is 10.3. The molecule has 5 nitrogen and oxygen atoms in total. The monoisotopic (exact) mass is 196 g/mol. The summed E-state index contributed by atoms with van der Waals surface area (Å²) < 4.78 is 1.47. The Hall–Kier alpha value is -1.36. The Labute approximate surface area is 80.0 Å². The average molecular weight is 196 g/mol. The van der Waals surface area contributed by atoms with Crippen LogP contribution in [-0.4, -0.2) is 21.3 Å². The predicted octanol–water partition coefficient (Wildman–Crippen LogP) is -0.835. The smallest absolute Gasteiger partial charge is 0.328 e. The molecule has 0 bridgehead atoms. The molecule has 0 radical (unpaired) electrons. The zero-order valence-corrected chi connectivity index (χ0v) is 7.64. The minimum absolute atomic E-state index is 0.183. The molecule has 0 saturated heterocycles. The molecule has 1 aliphatic rings. The third-order valence-electron chi connectivity index (χ3n) is 2.63. The second kappa shape index (κ2) is 3.42. The van der Waals surface area contributed by atoms with Crippen LogP contribution in [0, 0.1) is 11.8 Å². The van der Waals surface area contributed by atoms with Crippen LogP contribution in [0.1, 0.15) is 6.42 Å². The summed E-state index contributed by atoms with van der Waals surface area (Å²) >= 11 is 0. The molecular weight excluding hydrogens is 184 g/mol. The SMILES string of the molecule is O=c1ccn(CC2CC2CO)c(=O)[nH]1. The topological polar surface area (TPSA) is 75.1 Å². The summed E-state index contributed by atoms with van der Waals surface area (Å²) in [5.41, 5.74) is -0.748. The van der Waals surface area contributed by atoms with Crippen molar-refractivity contribution >= 4 is 0 Å². The Kier molecular flexibility index (Phi) is 2.25. The Morgan fingerprint density at radius 3 is 2.86 bits per heavy atom. The van der Waals surface area contributed by atoms with E-state index in [0.29, 0.717) is 18.4 Å². The molecule has 2 unspecified atom stereocenters. The Morgan fingerprint density at radius 2 is 2.29 bits per heavy atom. The zero-order chi connectivity index (χ0) is 10.1. The van der Waals surface area contributed by atoms with Gasteiger partial charge in [0, 0.05) is 25.4 Å². The van der Waals surface area contributed by atoms with Crippen LogP contribution in [0.15, 0.2) is 21.9 Å². The van der Waals surface area contributed by atoms with E-state index in [2.05, 4.69) is 4.98 Å². The largest absolute Gasteiger partial charge is 0.396 e. The lowest BCUT2D eigenvalue weighted by molar-refractivity contribution is 0.265. The van der Waals surface area contributed by atoms with Crippen LogP contribution in [0.4, 0.5) is 0 Å². The first-order valence-electron chi connectivity index (χ1n) is 4.61. The molecule has 2 rings (SSSR count). The third-order valence-corrected chi connectivity index (χ3v) is 2.63. The van der Waals surface area contributed by atoms with Crippen LogP contribution in [0.2, 0.25) is 0 Å². The molecule has 5 heteroatoms. The number of nitrogens with one attached hydrogen (secondary N) is 1. The van der Waals surface area contributed by atoms with E-state index in [1.165, 1.54) is 16.8 Å². The summed E-state index contributed by atoms with van der Waals surface area (Å²) in [4.78, 5) is 24.2. The van der Waals surface area contributed by atoms with Gasteiger partial charge in [-0.1, -0.05) is 0 Å². The van der Waals surface area contributed by atoms with Crippen molar-refractivity contribution < 1.29 is 5.11 Å². The van der Waals surface area contributed by atoms with Crippen molar-refractivity contribution in [3.63, 3.8) is 0 Å². The van der Waals surface area contributed by atoms with E-state index in [9.17, 15) is 9.59 Å². The Bertz CT molecular complexity index is 434. The van der Waals surface area contributed by atoms with Gasteiger partial charge in [0.05, 0.1) is 0 Å². The van der Waals surface area contributed by atoms with Crippen LogP contribution in [0.3, 0.4) is 0 Å². The highest BCUT2D eigenvalue weighted by molar-refractivity contribution is 4.89. The zero-order valence-electron chi connectivity index (χ0n) is 7.64. The molecule has 0 aliphatic heterocycles. The molecule has 0 aromatic carbocycles. The number of hydrogen-bond donors (Lipinski definition) is 2. The first-order chi connectivity index (χ1) is 6.70. The molecule has 2 N–H and O–H groups in total. The fraction of sp³-hybridized carbons (Fsp3) is 0.556. The van der Waals surface area contributed by atoms with Crippen LogP contribution in [0.25, 0.3) is 0 Å². The average Bonchev–Trinajstić information content (AvgIpc) is 2.89. The molecule has 1 aliphatic carbocycles. The summed E-state index contributed by atoms with van der Waals surface area (Å²) in [5, 5.41) is 8.82.